The molecular formula is C19H27N3O3S. The van der Waals surface area contributed by atoms with Gasteiger partial charge in [0.2, 0.25) is 5.91 Å². The molecule has 1 aromatic heterocycles. The number of carbonyl (C=O) groups excluding carboxylic acids is 1. The number of ether oxygens (including phenoxy) is 1. The Morgan fingerprint density at radius 1 is 1.50 bits per heavy atom. The molecule has 0 radical (unpaired) electrons. The van der Waals surface area contributed by atoms with Gasteiger partial charge in [-0.2, -0.15) is 0 Å². The van der Waals surface area contributed by atoms with Gasteiger partial charge in [0.1, 0.15) is 10.6 Å². The zero-order chi connectivity index (χ0) is 18.6. The van der Waals surface area contributed by atoms with Crippen molar-refractivity contribution in [3.63, 3.8) is 0 Å². The molecule has 6 nitrogen and oxygen atoms in total. The molecule has 0 saturated carbocycles. The van der Waals surface area contributed by atoms with E-state index >= 15 is 0 Å². The van der Waals surface area contributed by atoms with E-state index in [1.807, 2.05) is 22.2 Å². The fraction of sp³-hybridized carbons (Fsp3) is 0.684. The summed E-state index contributed by atoms with van der Waals surface area (Å²) < 4.78 is 5.34. The first-order valence-corrected chi connectivity index (χ1v) is 10.1. The lowest BCUT2D eigenvalue weighted by molar-refractivity contribution is -0.143. The molecule has 7 heteroatoms. The summed E-state index contributed by atoms with van der Waals surface area (Å²) >= 11 is 1.55. The minimum absolute atomic E-state index is 0.0764. The van der Waals surface area contributed by atoms with Gasteiger partial charge in [-0.3, -0.25) is 9.69 Å². The monoisotopic (exact) mass is 377 g/mol. The van der Waals surface area contributed by atoms with Crippen LogP contribution in [0.4, 0.5) is 0 Å². The largest absolute Gasteiger partial charge is 0.383 e. The molecule has 0 aromatic carbocycles. The Hall–Kier alpha value is -1.46. The number of nitrogens with zero attached hydrogens (tertiary/aromatic N) is 3. The topological polar surface area (TPSA) is 65.9 Å². The molecule has 2 saturated heterocycles. The maximum atomic E-state index is 12.6. The van der Waals surface area contributed by atoms with Crippen LogP contribution in [-0.4, -0.2) is 65.7 Å². The molecule has 2 fully saturated rings. The van der Waals surface area contributed by atoms with Crippen molar-refractivity contribution in [3.05, 3.63) is 16.1 Å². The highest BCUT2D eigenvalue weighted by atomic mass is 32.1. The molecule has 0 spiro atoms. The number of piperidine rings is 1. The highest BCUT2D eigenvalue weighted by molar-refractivity contribution is 7.09. The van der Waals surface area contributed by atoms with Crippen molar-refractivity contribution < 1.29 is 14.6 Å². The quantitative estimate of drug-likeness (QED) is 0.787. The Morgan fingerprint density at radius 2 is 2.19 bits per heavy atom. The van der Waals surface area contributed by atoms with Gasteiger partial charge in [-0.15, -0.1) is 17.8 Å². The number of rotatable bonds is 5. The van der Waals surface area contributed by atoms with Crippen molar-refractivity contribution in [1.82, 2.24) is 14.8 Å². The highest BCUT2D eigenvalue weighted by Gasteiger charge is 2.38. The van der Waals surface area contributed by atoms with E-state index in [4.69, 9.17) is 11.2 Å². The number of thiazole rings is 1. The zero-order valence-corrected chi connectivity index (χ0v) is 16.1. The van der Waals surface area contributed by atoms with Crippen molar-refractivity contribution in [3.8, 4) is 12.3 Å². The summed E-state index contributed by atoms with van der Waals surface area (Å²) in [5.41, 5.74) is -0.212. The van der Waals surface area contributed by atoms with Crippen LogP contribution in [-0.2, 0) is 21.7 Å². The Bertz CT molecular complexity index is 655. The zero-order valence-electron chi connectivity index (χ0n) is 15.3. The van der Waals surface area contributed by atoms with Gasteiger partial charge in [0, 0.05) is 37.6 Å². The van der Waals surface area contributed by atoms with Crippen molar-refractivity contribution in [2.45, 2.75) is 37.8 Å². The maximum absolute atomic E-state index is 12.6. The minimum atomic E-state index is -0.939. The van der Waals surface area contributed by atoms with Gasteiger partial charge in [-0.05, 0) is 32.7 Å². The normalized spacial score (nSPS) is 20.9. The molecule has 0 atom stereocenters. The van der Waals surface area contributed by atoms with Crippen LogP contribution in [0.2, 0.25) is 0 Å². The number of amides is 1. The van der Waals surface area contributed by atoms with Crippen LogP contribution < -0.4 is 0 Å². The van der Waals surface area contributed by atoms with Crippen LogP contribution in [0.1, 0.15) is 36.4 Å². The Morgan fingerprint density at radius 3 is 2.85 bits per heavy atom. The first-order valence-electron chi connectivity index (χ1n) is 9.17. The molecule has 1 aromatic rings. The number of likely N-dealkylation sites (tertiary alicyclic amines) is 1. The van der Waals surface area contributed by atoms with Crippen molar-refractivity contribution >= 4 is 17.2 Å². The minimum Gasteiger partial charge on any atom is -0.383 e. The summed E-state index contributed by atoms with van der Waals surface area (Å²) in [5.74, 6) is 2.91. The van der Waals surface area contributed by atoms with E-state index in [0.29, 0.717) is 52.2 Å². The summed E-state index contributed by atoms with van der Waals surface area (Å²) in [4.78, 5) is 21.2. The summed E-state index contributed by atoms with van der Waals surface area (Å²) in [6, 6.07) is 0. The number of aliphatic hydroxyl groups is 1. The number of hydrogen-bond acceptors (Lipinski definition) is 6. The van der Waals surface area contributed by atoms with Gasteiger partial charge in [-0.25, -0.2) is 4.98 Å². The number of aromatic nitrogens is 1. The van der Waals surface area contributed by atoms with E-state index in [2.05, 4.69) is 10.9 Å². The second-order valence-corrected chi connectivity index (χ2v) is 8.19. The molecule has 0 aliphatic carbocycles. The molecule has 2 aliphatic rings. The lowest BCUT2D eigenvalue weighted by Crippen LogP contribution is -2.48. The van der Waals surface area contributed by atoms with E-state index in [9.17, 15) is 9.90 Å². The SMILES string of the molecule is C#CCN(C)Cc1nc(C2(O)CCN(C(=O)C3CCOCC3)CC2)cs1. The van der Waals surface area contributed by atoms with Crippen LogP contribution in [0, 0.1) is 18.3 Å². The highest BCUT2D eigenvalue weighted by Crippen LogP contribution is 2.34. The first-order chi connectivity index (χ1) is 12.5. The number of terminal acetylenes is 1. The number of hydrogen-bond donors (Lipinski definition) is 1. The summed E-state index contributed by atoms with van der Waals surface area (Å²) in [7, 11) is 1.95. The fourth-order valence-corrected chi connectivity index (χ4v) is 4.56. The first kappa shape index (κ1) is 19.3. The van der Waals surface area contributed by atoms with Crippen LogP contribution in [0.5, 0.6) is 0 Å². The molecule has 2 aliphatic heterocycles. The summed E-state index contributed by atoms with van der Waals surface area (Å²) in [5, 5.41) is 13.9. The Kier molecular flexibility index (Phi) is 6.30. The van der Waals surface area contributed by atoms with Gasteiger partial charge in [0.25, 0.3) is 0 Å². The number of carbonyl (C=O) groups is 1. The van der Waals surface area contributed by atoms with Crippen molar-refractivity contribution in [2.24, 2.45) is 5.92 Å². The van der Waals surface area contributed by atoms with Gasteiger partial charge in [-0.1, -0.05) is 5.92 Å². The molecule has 0 bridgehead atoms. The molecule has 3 heterocycles. The molecule has 3 rings (SSSR count). The van der Waals surface area contributed by atoms with E-state index in [0.717, 1.165) is 23.5 Å². The molecular weight excluding hydrogens is 350 g/mol. The standard InChI is InChI=1S/C19H27N3O3S/c1-3-8-21(2)13-17-20-16(14-26-17)19(24)6-9-22(10-7-19)18(23)15-4-11-25-12-5-15/h1,14-15,24H,4-13H2,2H3. The van der Waals surface area contributed by atoms with Gasteiger partial charge >= 0.3 is 0 Å². The Labute approximate surface area is 159 Å². The van der Waals surface area contributed by atoms with Crippen LogP contribution in [0.15, 0.2) is 5.38 Å². The second kappa shape index (κ2) is 8.49. The van der Waals surface area contributed by atoms with Gasteiger partial charge in [0.05, 0.1) is 18.8 Å². The summed E-state index contributed by atoms with van der Waals surface area (Å²) in [6.45, 7) is 3.75. The third-order valence-corrected chi connectivity index (χ3v) is 6.10. The lowest BCUT2D eigenvalue weighted by atomic mass is 9.87. The van der Waals surface area contributed by atoms with Crippen molar-refractivity contribution in [2.75, 3.05) is 39.9 Å². The van der Waals surface area contributed by atoms with E-state index < -0.39 is 5.60 Å². The van der Waals surface area contributed by atoms with Crippen molar-refractivity contribution in [1.29, 1.82) is 0 Å². The van der Waals surface area contributed by atoms with E-state index in [1.54, 1.807) is 11.3 Å². The van der Waals surface area contributed by atoms with Crippen LogP contribution in [0.3, 0.4) is 0 Å². The average Bonchev–Trinajstić information content (AvgIpc) is 3.12. The van der Waals surface area contributed by atoms with E-state index in [1.165, 1.54) is 0 Å². The third kappa shape index (κ3) is 4.44. The maximum Gasteiger partial charge on any atom is 0.225 e. The van der Waals surface area contributed by atoms with Crippen LogP contribution in [0.25, 0.3) is 0 Å². The fourth-order valence-electron chi connectivity index (χ4n) is 3.60. The lowest BCUT2D eigenvalue weighted by Gasteiger charge is -2.39. The average molecular weight is 378 g/mol. The van der Waals surface area contributed by atoms with Crippen LogP contribution >= 0.6 is 11.3 Å². The molecule has 0 unspecified atom stereocenters. The predicted molar refractivity (Wildman–Crippen MR) is 101 cm³/mol. The van der Waals surface area contributed by atoms with Gasteiger partial charge < -0.3 is 14.7 Å². The molecule has 26 heavy (non-hydrogen) atoms. The molecule has 142 valence electrons. The van der Waals surface area contributed by atoms with E-state index in [-0.39, 0.29) is 11.8 Å². The van der Waals surface area contributed by atoms with Gasteiger partial charge in [0.15, 0.2) is 0 Å². The smallest absolute Gasteiger partial charge is 0.225 e. The predicted octanol–water partition coefficient (Wildman–Crippen LogP) is 1.44. The second-order valence-electron chi connectivity index (χ2n) is 7.25. The summed E-state index contributed by atoms with van der Waals surface area (Å²) in [6.07, 6.45) is 8.01. The Balaban J connectivity index is 1.56. The molecule has 1 N–H and O–H groups in total. The third-order valence-electron chi connectivity index (χ3n) is 5.27. The molecule has 1 amide bonds.